The highest BCUT2D eigenvalue weighted by Crippen LogP contribution is 2.47. The predicted octanol–water partition coefficient (Wildman–Crippen LogP) is 8.83. The Bertz CT molecular complexity index is 1820. The summed E-state index contributed by atoms with van der Waals surface area (Å²) in [4.78, 5) is 14.7. The lowest BCUT2D eigenvalue weighted by molar-refractivity contribution is 0.0697. The molecule has 192 valence electrons. The van der Waals surface area contributed by atoms with Crippen LogP contribution in [0.2, 0.25) is 0 Å². The molecule has 1 aliphatic carbocycles. The molecule has 0 aliphatic heterocycles. The summed E-state index contributed by atoms with van der Waals surface area (Å²) in [6.07, 6.45) is 3.95. The normalized spacial score (nSPS) is 15.9. The van der Waals surface area contributed by atoms with Crippen molar-refractivity contribution in [1.82, 2.24) is 4.98 Å². The predicted molar refractivity (Wildman–Crippen MR) is 161 cm³/mol. The van der Waals surface area contributed by atoms with Gasteiger partial charge in [-0.2, -0.15) is 0 Å². The summed E-state index contributed by atoms with van der Waals surface area (Å²) in [7, 11) is 0. The summed E-state index contributed by atoms with van der Waals surface area (Å²) in [5, 5.41) is 15.1. The van der Waals surface area contributed by atoms with Crippen molar-refractivity contribution in [3.8, 4) is 0 Å². The maximum atomic E-state index is 10.6. The molecule has 3 nitrogen and oxygen atoms in total. The maximum Gasteiger partial charge on any atom is 0.335 e. The van der Waals surface area contributed by atoms with E-state index < -0.39 is 5.97 Å². The second-order valence-electron chi connectivity index (χ2n) is 11.1. The second kappa shape index (κ2) is 9.99. The molecule has 0 amide bonds. The van der Waals surface area contributed by atoms with Crippen molar-refractivity contribution in [3.63, 3.8) is 0 Å². The van der Waals surface area contributed by atoms with Gasteiger partial charge in [0.2, 0.25) is 0 Å². The van der Waals surface area contributed by atoms with Gasteiger partial charge in [-0.3, -0.25) is 4.98 Å². The fourth-order valence-corrected chi connectivity index (χ4v) is 6.13. The van der Waals surface area contributed by atoms with Crippen molar-refractivity contribution in [3.05, 3.63) is 138 Å². The number of aromatic carboxylic acids is 1. The highest BCUT2D eigenvalue weighted by molar-refractivity contribution is 6.08. The van der Waals surface area contributed by atoms with Gasteiger partial charge in [0, 0.05) is 11.6 Å². The number of hydrogen-bond acceptors (Lipinski definition) is 2. The number of aromatic nitrogens is 1. The van der Waals surface area contributed by atoms with Crippen LogP contribution in [0.3, 0.4) is 0 Å². The first kappa shape index (κ1) is 24.8. The molecule has 0 saturated carbocycles. The summed E-state index contributed by atoms with van der Waals surface area (Å²) < 4.78 is 0. The number of fused-ring (bicyclic) bond motifs is 6. The van der Waals surface area contributed by atoms with E-state index in [2.05, 4.69) is 97.7 Å². The Kier molecular flexibility index (Phi) is 6.36. The Morgan fingerprint density at radius 1 is 0.769 bits per heavy atom. The lowest BCUT2D eigenvalue weighted by Crippen LogP contribution is -2.31. The number of carboxylic acids is 1. The fraction of sp³-hybridized carbons (Fsp3) is 0.167. The average Bonchev–Trinajstić information content (AvgIpc) is 2.96. The van der Waals surface area contributed by atoms with Gasteiger partial charge in [0.15, 0.2) is 0 Å². The molecule has 7 rings (SSSR count). The summed E-state index contributed by atoms with van der Waals surface area (Å²) >= 11 is 0. The van der Waals surface area contributed by atoms with Gasteiger partial charge in [-0.05, 0) is 86.7 Å². The summed E-state index contributed by atoms with van der Waals surface area (Å²) in [6.45, 7) is 4.88. The number of carboxylic acid groups (broad SMARTS) is 1. The molecule has 1 heterocycles. The van der Waals surface area contributed by atoms with Crippen molar-refractivity contribution in [2.75, 3.05) is 0 Å². The van der Waals surface area contributed by atoms with Crippen LogP contribution in [0.4, 0.5) is 0 Å². The number of nitrogens with zero attached hydrogens (tertiary/aromatic N) is 1. The highest BCUT2D eigenvalue weighted by Gasteiger charge is 2.36. The zero-order valence-corrected chi connectivity index (χ0v) is 22.3. The summed E-state index contributed by atoms with van der Waals surface area (Å²) in [5.41, 5.74) is 5.93. The lowest BCUT2D eigenvalue weighted by Gasteiger charge is -2.40. The Morgan fingerprint density at radius 2 is 1.51 bits per heavy atom. The largest absolute Gasteiger partial charge is 0.478 e. The first-order valence-electron chi connectivity index (χ1n) is 13.5. The Balaban J connectivity index is 0.000000179. The van der Waals surface area contributed by atoms with E-state index in [1.54, 1.807) is 36.0 Å². The van der Waals surface area contributed by atoms with Gasteiger partial charge in [-0.1, -0.05) is 98.8 Å². The van der Waals surface area contributed by atoms with E-state index in [0.29, 0.717) is 11.5 Å². The molecule has 1 unspecified atom stereocenters. The van der Waals surface area contributed by atoms with E-state index in [4.69, 9.17) is 5.11 Å². The Hall–Kier alpha value is -4.50. The summed E-state index contributed by atoms with van der Waals surface area (Å²) in [5.74, 6) is -0.333. The molecule has 5 aromatic carbocycles. The quantitative estimate of drug-likeness (QED) is 0.237. The van der Waals surface area contributed by atoms with Gasteiger partial charge >= 0.3 is 5.97 Å². The number of hydrogen-bond donors (Lipinski definition) is 1. The first-order valence-corrected chi connectivity index (χ1v) is 13.5. The Labute approximate surface area is 228 Å². The van der Waals surface area contributed by atoms with Crippen molar-refractivity contribution >= 4 is 38.4 Å². The minimum Gasteiger partial charge on any atom is -0.478 e. The van der Waals surface area contributed by atoms with Crippen LogP contribution in [0.5, 0.6) is 0 Å². The number of pyridine rings is 1. The van der Waals surface area contributed by atoms with E-state index in [1.807, 2.05) is 6.07 Å². The molecule has 0 saturated heterocycles. The molecular formula is C36H31NO2. The van der Waals surface area contributed by atoms with Crippen LogP contribution in [0.1, 0.15) is 46.8 Å². The molecule has 1 aromatic heterocycles. The third kappa shape index (κ3) is 4.77. The zero-order valence-electron chi connectivity index (χ0n) is 22.3. The second-order valence-corrected chi connectivity index (χ2v) is 11.1. The highest BCUT2D eigenvalue weighted by atomic mass is 16.4. The van der Waals surface area contributed by atoms with Crippen LogP contribution in [0, 0.1) is 5.41 Å². The van der Waals surface area contributed by atoms with Crippen LogP contribution < -0.4 is 0 Å². The maximum absolute atomic E-state index is 10.6. The molecule has 0 spiro atoms. The topological polar surface area (TPSA) is 50.2 Å². The summed E-state index contributed by atoms with van der Waals surface area (Å²) in [6, 6.07) is 37.7. The van der Waals surface area contributed by atoms with E-state index in [0.717, 1.165) is 23.7 Å². The van der Waals surface area contributed by atoms with Crippen LogP contribution in [-0.2, 0) is 12.8 Å². The molecule has 1 N–H and O–H groups in total. The smallest absolute Gasteiger partial charge is 0.335 e. The van der Waals surface area contributed by atoms with Crippen LogP contribution >= 0.6 is 0 Å². The van der Waals surface area contributed by atoms with E-state index in [1.165, 1.54) is 32.7 Å². The zero-order chi connectivity index (χ0) is 27.0. The van der Waals surface area contributed by atoms with Gasteiger partial charge in [0.25, 0.3) is 0 Å². The molecule has 39 heavy (non-hydrogen) atoms. The van der Waals surface area contributed by atoms with Gasteiger partial charge in [-0.25, -0.2) is 4.79 Å². The third-order valence-corrected chi connectivity index (χ3v) is 8.19. The van der Waals surface area contributed by atoms with Gasteiger partial charge in [0.05, 0.1) is 11.1 Å². The molecule has 1 aliphatic rings. The van der Waals surface area contributed by atoms with E-state index in [-0.39, 0.29) is 5.41 Å². The van der Waals surface area contributed by atoms with E-state index in [9.17, 15) is 4.79 Å². The number of benzene rings is 5. The van der Waals surface area contributed by atoms with Gasteiger partial charge in [0.1, 0.15) is 0 Å². The van der Waals surface area contributed by atoms with Gasteiger partial charge in [-0.15, -0.1) is 0 Å². The van der Waals surface area contributed by atoms with E-state index >= 15 is 0 Å². The molecule has 6 aromatic rings. The van der Waals surface area contributed by atoms with Crippen LogP contribution in [0.15, 0.2) is 115 Å². The van der Waals surface area contributed by atoms with Crippen molar-refractivity contribution in [1.29, 1.82) is 0 Å². The molecule has 0 radical (unpaired) electrons. The van der Waals surface area contributed by atoms with Crippen molar-refractivity contribution in [2.45, 2.75) is 32.6 Å². The fourth-order valence-electron chi connectivity index (χ4n) is 6.13. The van der Waals surface area contributed by atoms with Gasteiger partial charge < -0.3 is 5.11 Å². The minimum atomic E-state index is -0.911. The lowest BCUT2D eigenvalue weighted by atomic mass is 9.63. The molecule has 0 fully saturated rings. The molecular weight excluding hydrogens is 478 g/mol. The molecule has 0 bridgehead atoms. The van der Waals surface area contributed by atoms with Crippen LogP contribution in [-0.4, -0.2) is 16.1 Å². The monoisotopic (exact) mass is 509 g/mol. The standard InChI is InChI=1S/C26H24.C10H7NO2/c1-26(2)17-24-20(16-25(26)19-9-4-3-5-10-19)13-15-22-21-11-7-6-8-18(21)12-14-23(22)24;12-10(13)8-3-4-9-7(6-8)2-1-5-11-9/h3-15,25H,16-17H2,1-2H3;1-6H,(H,12,13). The number of carbonyl (C=O) groups is 1. The average molecular weight is 510 g/mol. The van der Waals surface area contributed by atoms with Crippen LogP contribution in [0.25, 0.3) is 32.4 Å². The molecule has 3 heteroatoms. The SMILES string of the molecule is CC1(C)Cc2c(ccc3c2ccc2ccccc23)CC1c1ccccc1.O=C(O)c1ccc2ncccc2c1. The van der Waals surface area contributed by atoms with Crippen molar-refractivity contribution in [2.24, 2.45) is 5.41 Å². The third-order valence-electron chi connectivity index (χ3n) is 8.19. The first-order chi connectivity index (χ1) is 18.9. The Morgan fingerprint density at radius 3 is 2.33 bits per heavy atom. The van der Waals surface area contributed by atoms with Crippen molar-refractivity contribution < 1.29 is 9.90 Å². The minimum absolute atomic E-state index is 0.258. The molecule has 1 atom stereocenters. The number of rotatable bonds is 2.